The van der Waals surface area contributed by atoms with Crippen LogP contribution in [0.1, 0.15) is 24.1 Å². The molecule has 0 saturated carbocycles. The number of hydrogen-bond acceptors (Lipinski definition) is 5. The Hall–Kier alpha value is -3.23. The number of sulfonamides is 1. The molecule has 3 aromatic rings. The number of hydrogen-bond donors (Lipinski definition) is 1. The predicted molar refractivity (Wildman–Crippen MR) is 133 cm³/mol. The molecule has 1 N–H and O–H groups in total. The Balaban J connectivity index is 1.90. The second-order valence-corrected chi connectivity index (χ2v) is 9.98. The minimum absolute atomic E-state index is 0.0704. The van der Waals surface area contributed by atoms with Gasteiger partial charge >= 0.3 is 0 Å². The van der Waals surface area contributed by atoms with Gasteiger partial charge in [0.15, 0.2) is 0 Å². The molecule has 0 aliphatic rings. The Morgan fingerprint density at radius 1 is 1.00 bits per heavy atom. The molecular weight excluding hydrogens is 476 g/mol. The number of nitrogens with zero attached hydrogens (tertiary/aromatic N) is 1. The molecule has 0 bridgehead atoms. The van der Waals surface area contributed by atoms with Gasteiger partial charge in [-0.1, -0.05) is 41.4 Å². The van der Waals surface area contributed by atoms with E-state index in [0.29, 0.717) is 11.5 Å². The number of carbonyl (C=O) groups excluding carboxylic acids is 1. The number of ether oxygens (including phenoxy) is 2. The Morgan fingerprint density at radius 2 is 1.65 bits per heavy atom. The Kier molecular flexibility index (Phi) is 8.06. The van der Waals surface area contributed by atoms with Crippen LogP contribution in [-0.2, 0) is 14.8 Å². The Labute approximate surface area is 205 Å². The number of aryl methyl sites for hydroxylation is 1. The van der Waals surface area contributed by atoms with Gasteiger partial charge in [0.25, 0.3) is 10.0 Å². The number of amides is 1. The molecule has 3 rings (SSSR count). The molecule has 9 heteroatoms. The number of methoxy groups -OCH3 is 2. The fraction of sp³-hybridized carbons (Fsp3) is 0.240. The molecule has 1 atom stereocenters. The summed E-state index contributed by atoms with van der Waals surface area (Å²) in [5.74, 6) is 0.635. The predicted octanol–water partition coefficient (Wildman–Crippen LogP) is 4.74. The van der Waals surface area contributed by atoms with E-state index in [-0.39, 0.29) is 21.6 Å². The molecule has 0 spiro atoms. The van der Waals surface area contributed by atoms with Crippen LogP contribution in [0.25, 0.3) is 0 Å². The summed E-state index contributed by atoms with van der Waals surface area (Å²) in [6.07, 6.45) is 0. The number of halogens is 1. The maximum absolute atomic E-state index is 13.5. The van der Waals surface area contributed by atoms with Crippen molar-refractivity contribution in [2.45, 2.75) is 24.8 Å². The van der Waals surface area contributed by atoms with E-state index in [1.54, 1.807) is 43.5 Å². The number of carbonyl (C=O) groups is 1. The summed E-state index contributed by atoms with van der Waals surface area (Å²) in [7, 11) is -1.01. The van der Waals surface area contributed by atoms with Gasteiger partial charge in [0.1, 0.15) is 18.0 Å². The molecule has 34 heavy (non-hydrogen) atoms. The van der Waals surface area contributed by atoms with E-state index in [0.717, 1.165) is 15.4 Å². The highest BCUT2D eigenvalue weighted by Gasteiger charge is 2.28. The summed E-state index contributed by atoms with van der Waals surface area (Å²) >= 11 is 6.26. The van der Waals surface area contributed by atoms with Crippen molar-refractivity contribution in [2.75, 3.05) is 25.1 Å². The average Bonchev–Trinajstić information content (AvgIpc) is 2.82. The maximum Gasteiger partial charge on any atom is 0.264 e. The lowest BCUT2D eigenvalue weighted by molar-refractivity contribution is -0.120. The highest BCUT2D eigenvalue weighted by Crippen LogP contribution is 2.32. The van der Waals surface area contributed by atoms with Crippen molar-refractivity contribution in [3.05, 3.63) is 82.9 Å². The zero-order valence-electron chi connectivity index (χ0n) is 19.4. The Morgan fingerprint density at radius 3 is 2.21 bits per heavy atom. The SMILES string of the molecule is COc1ccc([C@@H](C)NC(=O)CN(c2ccc(OC)c(Cl)c2)S(=O)(=O)c2ccc(C)cc2)cc1. The van der Waals surface area contributed by atoms with E-state index in [4.69, 9.17) is 21.1 Å². The maximum atomic E-state index is 13.5. The number of rotatable bonds is 9. The van der Waals surface area contributed by atoms with Crippen LogP contribution < -0.4 is 19.1 Å². The highest BCUT2D eigenvalue weighted by atomic mass is 35.5. The lowest BCUT2D eigenvalue weighted by Gasteiger charge is -2.25. The van der Waals surface area contributed by atoms with Gasteiger partial charge in [-0.3, -0.25) is 9.10 Å². The lowest BCUT2D eigenvalue weighted by atomic mass is 10.1. The quantitative estimate of drug-likeness (QED) is 0.457. The molecule has 180 valence electrons. The molecule has 0 heterocycles. The fourth-order valence-corrected chi connectivity index (χ4v) is 5.02. The van der Waals surface area contributed by atoms with Gasteiger partial charge in [0.05, 0.1) is 35.9 Å². The average molecular weight is 503 g/mol. The van der Waals surface area contributed by atoms with Crippen LogP contribution >= 0.6 is 11.6 Å². The molecule has 0 aliphatic heterocycles. The summed E-state index contributed by atoms with van der Waals surface area (Å²) in [4.78, 5) is 13.0. The monoisotopic (exact) mass is 502 g/mol. The van der Waals surface area contributed by atoms with Crippen molar-refractivity contribution in [1.82, 2.24) is 5.32 Å². The smallest absolute Gasteiger partial charge is 0.264 e. The third-order valence-corrected chi connectivity index (χ3v) is 7.40. The summed E-state index contributed by atoms with van der Waals surface area (Å²) in [6.45, 7) is 3.26. The zero-order chi connectivity index (χ0) is 24.9. The molecule has 1 amide bonds. The van der Waals surface area contributed by atoms with E-state index in [2.05, 4.69) is 5.32 Å². The zero-order valence-corrected chi connectivity index (χ0v) is 21.0. The molecular formula is C25H27ClN2O5S. The molecule has 3 aromatic carbocycles. The molecule has 7 nitrogen and oxygen atoms in total. The van der Waals surface area contributed by atoms with Crippen molar-refractivity contribution in [3.63, 3.8) is 0 Å². The fourth-order valence-electron chi connectivity index (χ4n) is 3.36. The van der Waals surface area contributed by atoms with Gasteiger partial charge < -0.3 is 14.8 Å². The molecule has 0 aromatic heterocycles. The lowest BCUT2D eigenvalue weighted by Crippen LogP contribution is -2.41. The van der Waals surface area contributed by atoms with Crippen LogP contribution in [0, 0.1) is 6.92 Å². The minimum Gasteiger partial charge on any atom is -0.497 e. The van der Waals surface area contributed by atoms with E-state index < -0.39 is 22.5 Å². The molecule has 0 radical (unpaired) electrons. The van der Waals surface area contributed by atoms with E-state index in [1.165, 1.54) is 25.3 Å². The van der Waals surface area contributed by atoms with Gasteiger partial charge in [-0.2, -0.15) is 0 Å². The number of nitrogens with one attached hydrogen (secondary N) is 1. The van der Waals surface area contributed by atoms with Crippen molar-refractivity contribution in [3.8, 4) is 11.5 Å². The van der Waals surface area contributed by atoms with Gasteiger partial charge in [-0.05, 0) is 61.9 Å². The molecule has 0 saturated heterocycles. The van der Waals surface area contributed by atoms with E-state index in [1.807, 2.05) is 26.0 Å². The van der Waals surface area contributed by atoms with E-state index in [9.17, 15) is 13.2 Å². The normalized spacial score (nSPS) is 12.0. The first-order chi connectivity index (χ1) is 16.1. The standard InChI is InChI=1S/C25H27ClN2O5S/c1-17-5-12-22(13-6-17)34(30,31)28(20-9-14-24(33-4)23(26)15-20)16-25(29)27-18(2)19-7-10-21(32-3)11-8-19/h5-15,18H,16H2,1-4H3,(H,27,29)/t18-/m1/s1. The number of benzene rings is 3. The first-order valence-electron chi connectivity index (χ1n) is 10.5. The summed E-state index contributed by atoms with van der Waals surface area (Å²) in [5.41, 5.74) is 2.03. The van der Waals surface area contributed by atoms with Gasteiger partial charge in [0.2, 0.25) is 5.91 Å². The van der Waals surface area contributed by atoms with Crippen molar-refractivity contribution >= 4 is 33.2 Å². The van der Waals surface area contributed by atoms with Crippen molar-refractivity contribution in [1.29, 1.82) is 0 Å². The van der Waals surface area contributed by atoms with Crippen LogP contribution in [-0.4, -0.2) is 35.1 Å². The van der Waals surface area contributed by atoms with Crippen LogP contribution in [0.5, 0.6) is 11.5 Å². The first kappa shape index (κ1) is 25.4. The minimum atomic E-state index is -4.06. The Bertz CT molecular complexity index is 1250. The van der Waals surface area contributed by atoms with Gasteiger partial charge in [-0.15, -0.1) is 0 Å². The van der Waals surface area contributed by atoms with Crippen LogP contribution in [0.4, 0.5) is 5.69 Å². The third-order valence-electron chi connectivity index (χ3n) is 5.31. The molecule has 0 unspecified atom stereocenters. The van der Waals surface area contributed by atoms with Crippen molar-refractivity contribution < 1.29 is 22.7 Å². The summed E-state index contributed by atoms with van der Waals surface area (Å²) in [5, 5.41) is 3.09. The largest absolute Gasteiger partial charge is 0.497 e. The van der Waals surface area contributed by atoms with Gasteiger partial charge in [0, 0.05) is 0 Å². The second-order valence-electron chi connectivity index (χ2n) is 7.71. The highest BCUT2D eigenvalue weighted by molar-refractivity contribution is 7.92. The third kappa shape index (κ3) is 5.81. The van der Waals surface area contributed by atoms with Crippen molar-refractivity contribution in [2.24, 2.45) is 0 Å². The summed E-state index contributed by atoms with van der Waals surface area (Å²) < 4.78 is 38.4. The molecule has 0 aliphatic carbocycles. The van der Waals surface area contributed by atoms with Crippen LogP contribution in [0.15, 0.2) is 71.6 Å². The van der Waals surface area contributed by atoms with Crippen LogP contribution in [0.2, 0.25) is 5.02 Å². The second kappa shape index (κ2) is 10.8. The molecule has 0 fully saturated rings. The number of anilines is 1. The summed E-state index contributed by atoms with van der Waals surface area (Å²) in [6, 6.07) is 18.0. The van der Waals surface area contributed by atoms with Gasteiger partial charge in [-0.25, -0.2) is 8.42 Å². The van der Waals surface area contributed by atoms with E-state index >= 15 is 0 Å². The van der Waals surface area contributed by atoms with Crippen LogP contribution in [0.3, 0.4) is 0 Å². The topological polar surface area (TPSA) is 84.9 Å². The first-order valence-corrected chi connectivity index (χ1v) is 12.3.